The van der Waals surface area contributed by atoms with E-state index in [1.165, 1.54) is 44.2 Å². The molecular weight excluding hydrogens is 705 g/mol. The molecule has 4 nitrogen and oxygen atoms in total. The Hall–Kier alpha value is -7.22. The monoisotopic (exact) mass is 746 g/mol. The summed E-state index contributed by atoms with van der Waals surface area (Å²) >= 11 is 0. The van der Waals surface area contributed by atoms with E-state index >= 15 is 0 Å². The number of fused-ring (bicyclic) bond motifs is 6. The molecule has 10 aromatic rings. The average Bonchev–Trinajstić information content (AvgIpc) is 3.71. The first-order chi connectivity index (χ1) is 28.1. The first kappa shape index (κ1) is 35.2. The molecule has 3 heterocycles. The fourth-order valence-corrected chi connectivity index (χ4v) is 9.36. The molecule has 4 heteroatoms. The van der Waals surface area contributed by atoms with Gasteiger partial charge in [0, 0.05) is 38.5 Å². The number of hydrogen-bond donors (Lipinski definition) is 0. The van der Waals surface area contributed by atoms with Gasteiger partial charge in [-0.1, -0.05) is 119 Å². The predicted octanol–water partition coefficient (Wildman–Crippen LogP) is 14.0. The van der Waals surface area contributed by atoms with Crippen molar-refractivity contribution < 1.29 is 0 Å². The molecule has 278 valence electrons. The van der Waals surface area contributed by atoms with Crippen molar-refractivity contribution in [3.05, 3.63) is 185 Å². The zero-order chi connectivity index (χ0) is 39.8. The maximum Gasteiger partial charge on any atom is 0.101 e. The minimum Gasteiger partial charge on any atom is -0.309 e. The molecule has 0 amide bonds. The third kappa shape index (κ3) is 5.78. The quantitative estimate of drug-likeness (QED) is 0.176. The van der Waals surface area contributed by atoms with Crippen LogP contribution in [0.2, 0.25) is 0 Å². The van der Waals surface area contributed by atoms with Gasteiger partial charge >= 0.3 is 0 Å². The molecule has 58 heavy (non-hydrogen) atoms. The number of aromatic nitrogens is 3. The second-order valence-corrected chi connectivity index (χ2v) is 16.1. The van der Waals surface area contributed by atoms with Crippen LogP contribution < -0.4 is 0 Å². The fraction of sp³-hybridized carbons (Fsp3) is 0.111. The van der Waals surface area contributed by atoms with Crippen LogP contribution in [0.1, 0.15) is 39.2 Å². The van der Waals surface area contributed by atoms with E-state index in [0.717, 1.165) is 77.9 Å². The molecule has 0 unspecified atom stereocenters. The molecule has 3 aromatic heterocycles. The number of para-hydroxylation sites is 2. The van der Waals surface area contributed by atoms with E-state index < -0.39 is 0 Å². The van der Waals surface area contributed by atoms with Gasteiger partial charge in [0.15, 0.2) is 0 Å². The summed E-state index contributed by atoms with van der Waals surface area (Å²) < 4.78 is 4.67. The van der Waals surface area contributed by atoms with E-state index in [0.29, 0.717) is 5.56 Å². The highest BCUT2D eigenvalue weighted by atomic mass is 15.0. The van der Waals surface area contributed by atoms with Crippen LogP contribution in [0.25, 0.3) is 88.4 Å². The summed E-state index contributed by atoms with van der Waals surface area (Å²) in [5.74, 6) is 0. The largest absolute Gasteiger partial charge is 0.309 e. The van der Waals surface area contributed by atoms with Gasteiger partial charge in [-0.25, -0.2) is 0 Å². The van der Waals surface area contributed by atoms with Crippen LogP contribution in [0.5, 0.6) is 0 Å². The summed E-state index contributed by atoms with van der Waals surface area (Å²) in [6.07, 6.45) is 0. The molecule has 0 saturated heterocycles. The van der Waals surface area contributed by atoms with Gasteiger partial charge in [-0.05, 0) is 118 Å². The Balaban J connectivity index is 1.31. The lowest BCUT2D eigenvalue weighted by molar-refractivity contribution is 1.11. The van der Waals surface area contributed by atoms with Gasteiger partial charge in [0.05, 0.1) is 39.0 Å². The summed E-state index contributed by atoms with van der Waals surface area (Å²) in [5, 5.41) is 15.8. The van der Waals surface area contributed by atoms with Crippen LogP contribution in [0.3, 0.4) is 0 Å². The zero-order valence-electron chi connectivity index (χ0n) is 33.6. The van der Waals surface area contributed by atoms with Crippen molar-refractivity contribution in [2.24, 2.45) is 0 Å². The van der Waals surface area contributed by atoms with Crippen LogP contribution >= 0.6 is 0 Å². The highest BCUT2D eigenvalue weighted by Crippen LogP contribution is 2.42. The Kier molecular flexibility index (Phi) is 8.18. The second-order valence-electron chi connectivity index (χ2n) is 16.1. The third-order valence-corrected chi connectivity index (χ3v) is 11.6. The van der Waals surface area contributed by atoms with Crippen molar-refractivity contribution in [3.63, 3.8) is 0 Å². The predicted molar refractivity (Wildman–Crippen MR) is 242 cm³/mol. The number of aryl methyl sites for hydroxylation is 6. The van der Waals surface area contributed by atoms with Crippen molar-refractivity contribution in [1.82, 2.24) is 14.1 Å². The van der Waals surface area contributed by atoms with Crippen molar-refractivity contribution in [3.8, 4) is 50.8 Å². The van der Waals surface area contributed by atoms with E-state index in [1.807, 2.05) is 0 Å². The minimum atomic E-state index is 0.595. The molecule has 0 radical (unpaired) electrons. The highest BCUT2D eigenvalue weighted by Gasteiger charge is 2.23. The molecule has 10 rings (SSSR count). The van der Waals surface area contributed by atoms with Gasteiger partial charge in [-0.2, -0.15) is 5.26 Å². The smallest absolute Gasteiger partial charge is 0.101 e. The first-order valence-electron chi connectivity index (χ1n) is 19.9. The molecule has 0 aliphatic heterocycles. The van der Waals surface area contributed by atoms with Gasteiger partial charge in [0.1, 0.15) is 6.07 Å². The molecule has 7 aromatic carbocycles. The molecule has 0 bridgehead atoms. The van der Waals surface area contributed by atoms with Crippen molar-refractivity contribution in [2.75, 3.05) is 0 Å². The molecule has 0 aliphatic carbocycles. The lowest BCUT2D eigenvalue weighted by atomic mass is 9.98. The summed E-state index contributed by atoms with van der Waals surface area (Å²) in [5.41, 5.74) is 20.3. The van der Waals surface area contributed by atoms with Crippen LogP contribution in [0, 0.1) is 52.9 Å². The summed E-state index contributed by atoms with van der Waals surface area (Å²) in [4.78, 5) is 4.79. The molecule has 0 N–H and O–H groups in total. The molecule has 0 atom stereocenters. The van der Waals surface area contributed by atoms with Crippen molar-refractivity contribution >= 4 is 43.6 Å². The van der Waals surface area contributed by atoms with E-state index in [1.54, 1.807) is 0 Å². The van der Waals surface area contributed by atoms with Gasteiger partial charge in [-0.3, -0.25) is 4.98 Å². The van der Waals surface area contributed by atoms with Gasteiger partial charge < -0.3 is 9.13 Å². The van der Waals surface area contributed by atoms with Crippen molar-refractivity contribution in [2.45, 2.75) is 41.5 Å². The van der Waals surface area contributed by atoms with E-state index in [9.17, 15) is 5.26 Å². The lowest BCUT2D eigenvalue weighted by Gasteiger charge is -2.19. The maximum absolute atomic E-state index is 11.2. The molecule has 0 fully saturated rings. The Labute approximate surface area is 338 Å². The molecular formula is C54H42N4. The van der Waals surface area contributed by atoms with Gasteiger partial charge in [0.2, 0.25) is 0 Å². The maximum atomic E-state index is 11.2. The summed E-state index contributed by atoms with van der Waals surface area (Å²) in [7, 11) is 0. The van der Waals surface area contributed by atoms with Crippen molar-refractivity contribution in [1.29, 1.82) is 5.26 Å². The number of nitrogens with zero attached hydrogens (tertiary/aromatic N) is 4. The lowest BCUT2D eigenvalue weighted by Crippen LogP contribution is -2.04. The second kappa shape index (κ2) is 13.5. The third-order valence-electron chi connectivity index (χ3n) is 11.6. The van der Waals surface area contributed by atoms with E-state index in [-0.39, 0.29) is 0 Å². The zero-order valence-corrected chi connectivity index (χ0v) is 33.6. The number of pyridine rings is 1. The van der Waals surface area contributed by atoms with Crippen LogP contribution in [0.15, 0.2) is 146 Å². The number of rotatable bonds is 5. The fourth-order valence-electron chi connectivity index (χ4n) is 9.36. The van der Waals surface area contributed by atoms with Crippen LogP contribution in [0.4, 0.5) is 0 Å². The normalized spacial score (nSPS) is 11.6. The highest BCUT2D eigenvalue weighted by molar-refractivity contribution is 6.12. The number of hydrogen-bond acceptors (Lipinski definition) is 2. The Morgan fingerprint density at radius 3 is 1.33 bits per heavy atom. The number of nitriles is 1. The van der Waals surface area contributed by atoms with E-state index in [4.69, 9.17) is 4.98 Å². The Bertz CT molecular complexity index is 3310. The van der Waals surface area contributed by atoms with Crippen LogP contribution in [-0.4, -0.2) is 14.1 Å². The summed E-state index contributed by atoms with van der Waals surface area (Å²) in [6.45, 7) is 12.7. The molecule has 0 saturated carbocycles. The summed E-state index contributed by atoms with van der Waals surface area (Å²) in [6, 6.07) is 55.5. The van der Waals surface area contributed by atoms with Crippen LogP contribution in [-0.2, 0) is 0 Å². The first-order valence-corrected chi connectivity index (χ1v) is 19.9. The topological polar surface area (TPSA) is 46.5 Å². The molecule has 0 aliphatic rings. The van der Waals surface area contributed by atoms with Gasteiger partial charge in [-0.15, -0.1) is 0 Å². The van der Waals surface area contributed by atoms with E-state index in [2.05, 4.69) is 202 Å². The number of benzene rings is 7. The SMILES string of the molecule is Cc1cc(C)cc(-c2ccc3c4ccccc4n(-c4cc(-c5cc(C)nc(C)c5)c(-n5c6ccccc6c6ccc(-c7cc(C)cc(C)c7)cc65)cc4C#N)c3c2)c1. The Morgan fingerprint density at radius 2 is 0.845 bits per heavy atom. The molecule has 0 spiro atoms. The average molecular weight is 747 g/mol. The van der Waals surface area contributed by atoms with Gasteiger partial charge in [0.25, 0.3) is 0 Å². The minimum absolute atomic E-state index is 0.595. The Morgan fingerprint density at radius 1 is 0.397 bits per heavy atom. The standard InChI is InChI=1S/C54H42N4/c1-32-19-33(2)22-40(21-32)38-15-17-46-44-11-7-9-13-49(44)57(52(46)27-38)51-30-48(42-25-36(5)56-37(6)26-42)54(29-43(51)31-55)58-50-14-10-8-12-45(50)47-18-16-39(28-53(47)58)41-23-34(3)20-35(4)24-41/h7-30H,1-6H3.